The summed E-state index contributed by atoms with van der Waals surface area (Å²) >= 11 is 0. The summed E-state index contributed by atoms with van der Waals surface area (Å²) in [6.45, 7) is 4.46. The first-order chi connectivity index (χ1) is 11.1. The molecule has 0 aliphatic carbocycles. The molecule has 0 amide bonds. The molecule has 1 aromatic rings. The zero-order chi connectivity index (χ0) is 17.1. The first-order valence-electron chi connectivity index (χ1n) is 8.38. The van der Waals surface area contributed by atoms with Crippen molar-refractivity contribution in [2.45, 2.75) is 58.8 Å². The van der Waals surface area contributed by atoms with Crippen molar-refractivity contribution in [1.29, 1.82) is 0 Å². The van der Waals surface area contributed by atoms with Gasteiger partial charge in [0.2, 0.25) is 0 Å². The fourth-order valence-electron chi connectivity index (χ4n) is 2.34. The Kier molecular flexibility index (Phi) is 9.18. The minimum Gasteiger partial charge on any atom is -0.466 e. The van der Waals surface area contributed by atoms with E-state index < -0.39 is 11.6 Å². The Morgan fingerprint density at radius 1 is 1.13 bits per heavy atom. The molecule has 1 rings (SSSR count). The highest BCUT2D eigenvalue weighted by molar-refractivity contribution is 5.69. The third kappa shape index (κ3) is 7.40. The first kappa shape index (κ1) is 19.3. The van der Waals surface area contributed by atoms with E-state index in [9.17, 15) is 13.6 Å². The van der Waals surface area contributed by atoms with Crippen LogP contribution < -0.4 is 0 Å². The molecular weight excluding hydrogens is 298 g/mol. The number of carbonyl (C=O) groups is 1. The topological polar surface area (TPSA) is 26.3 Å². The Morgan fingerprint density at radius 3 is 2.57 bits per heavy atom. The summed E-state index contributed by atoms with van der Waals surface area (Å²) in [5.74, 6) is -1.24. The van der Waals surface area contributed by atoms with Gasteiger partial charge in [0.25, 0.3) is 0 Å². The van der Waals surface area contributed by atoms with Gasteiger partial charge in [0, 0.05) is 18.1 Å². The Bertz CT molecular complexity index is 524. The number of unbranched alkanes of at least 4 members (excludes halogenated alkanes) is 2. The Balaban J connectivity index is 2.51. The van der Waals surface area contributed by atoms with E-state index in [2.05, 4.69) is 0 Å². The zero-order valence-electron chi connectivity index (χ0n) is 14.0. The van der Waals surface area contributed by atoms with Crippen molar-refractivity contribution in [1.82, 2.24) is 0 Å². The second-order valence-electron chi connectivity index (χ2n) is 5.57. The van der Waals surface area contributed by atoms with Crippen molar-refractivity contribution in [3.8, 4) is 0 Å². The minimum atomic E-state index is -0.562. The van der Waals surface area contributed by atoms with E-state index in [4.69, 9.17) is 4.74 Å². The molecular formula is C19H26F2O2. The fourth-order valence-corrected chi connectivity index (χ4v) is 2.34. The molecule has 0 heterocycles. The number of allylic oxidation sites excluding steroid dienone is 2. The lowest BCUT2D eigenvalue weighted by Gasteiger charge is -2.08. The van der Waals surface area contributed by atoms with Crippen molar-refractivity contribution in [3.05, 3.63) is 41.5 Å². The SMILES string of the molecule is CCCOC(=O)CCCC/C=C(/CCC)c1ccc(F)cc1F. The van der Waals surface area contributed by atoms with Gasteiger partial charge in [-0.05, 0) is 49.8 Å². The number of rotatable bonds is 10. The quantitative estimate of drug-likeness (QED) is 0.410. The maximum absolute atomic E-state index is 13.9. The first-order valence-corrected chi connectivity index (χ1v) is 8.38. The summed E-state index contributed by atoms with van der Waals surface area (Å²) in [5.41, 5.74) is 1.37. The summed E-state index contributed by atoms with van der Waals surface area (Å²) in [7, 11) is 0. The molecule has 0 fully saturated rings. The summed E-state index contributed by atoms with van der Waals surface area (Å²) in [6, 6.07) is 3.70. The molecule has 0 N–H and O–H groups in total. The summed E-state index contributed by atoms with van der Waals surface area (Å²) in [4.78, 5) is 11.4. The van der Waals surface area contributed by atoms with Gasteiger partial charge in [0.1, 0.15) is 11.6 Å². The van der Waals surface area contributed by atoms with Crippen LogP contribution in [0, 0.1) is 11.6 Å². The van der Waals surface area contributed by atoms with Crippen LogP contribution in [-0.4, -0.2) is 12.6 Å². The molecule has 0 radical (unpaired) electrons. The summed E-state index contributed by atoms with van der Waals surface area (Å²) < 4.78 is 31.9. The predicted octanol–water partition coefficient (Wildman–Crippen LogP) is 5.66. The highest BCUT2D eigenvalue weighted by atomic mass is 19.1. The van der Waals surface area contributed by atoms with Crippen molar-refractivity contribution in [3.63, 3.8) is 0 Å². The average Bonchev–Trinajstić information content (AvgIpc) is 2.52. The number of ether oxygens (including phenoxy) is 1. The van der Waals surface area contributed by atoms with Gasteiger partial charge in [-0.25, -0.2) is 8.78 Å². The summed E-state index contributed by atoms with van der Waals surface area (Å²) in [5, 5.41) is 0. The highest BCUT2D eigenvalue weighted by Gasteiger charge is 2.08. The van der Waals surface area contributed by atoms with E-state index in [0.29, 0.717) is 18.6 Å². The maximum atomic E-state index is 13.9. The van der Waals surface area contributed by atoms with E-state index in [-0.39, 0.29) is 5.97 Å². The van der Waals surface area contributed by atoms with Gasteiger partial charge in [-0.1, -0.05) is 26.3 Å². The lowest BCUT2D eigenvalue weighted by molar-refractivity contribution is -0.143. The molecule has 0 saturated carbocycles. The third-order valence-electron chi connectivity index (χ3n) is 3.49. The van der Waals surface area contributed by atoms with Gasteiger partial charge in [-0.3, -0.25) is 4.79 Å². The molecule has 2 nitrogen and oxygen atoms in total. The van der Waals surface area contributed by atoms with Gasteiger partial charge in [0.15, 0.2) is 0 Å². The normalized spacial score (nSPS) is 11.6. The lowest BCUT2D eigenvalue weighted by Crippen LogP contribution is -2.04. The van der Waals surface area contributed by atoms with Crippen molar-refractivity contribution >= 4 is 11.5 Å². The molecule has 0 aliphatic rings. The fraction of sp³-hybridized carbons (Fsp3) is 0.526. The number of esters is 1. The molecule has 23 heavy (non-hydrogen) atoms. The molecule has 0 spiro atoms. The van der Waals surface area contributed by atoms with Gasteiger partial charge < -0.3 is 4.74 Å². The van der Waals surface area contributed by atoms with E-state index in [1.54, 1.807) is 0 Å². The second kappa shape index (κ2) is 10.9. The van der Waals surface area contributed by atoms with Crippen LogP contribution in [0.25, 0.3) is 5.57 Å². The molecule has 4 heteroatoms. The summed E-state index contributed by atoms with van der Waals surface area (Å²) in [6.07, 6.45) is 7.26. The molecule has 0 atom stereocenters. The minimum absolute atomic E-state index is 0.158. The molecule has 0 saturated heterocycles. The third-order valence-corrected chi connectivity index (χ3v) is 3.49. The Labute approximate surface area is 137 Å². The van der Waals surface area contributed by atoms with Crippen LogP contribution in [0.2, 0.25) is 0 Å². The number of carbonyl (C=O) groups excluding carboxylic acids is 1. The van der Waals surface area contributed by atoms with Crippen molar-refractivity contribution < 1.29 is 18.3 Å². The number of benzene rings is 1. The monoisotopic (exact) mass is 324 g/mol. The Morgan fingerprint density at radius 2 is 1.91 bits per heavy atom. The standard InChI is InChI=1S/C19H26F2O2/c1-3-8-15(17-12-11-16(20)14-18(17)21)9-6-5-7-10-19(22)23-13-4-2/h9,11-12,14H,3-8,10,13H2,1-2H3/b15-9-. The molecule has 0 bridgehead atoms. The van der Waals surface area contributed by atoms with E-state index in [1.165, 1.54) is 12.1 Å². The van der Waals surface area contributed by atoms with Crippen molar-refractivity contribution in [2.24, 2.45) is 0 Å². The molecule has 1 aromatic carbocycles. The predicted molar refractivity (Wildman–Crippen MR) is 89.0 cm³/mol. The van der Waals surface area contributed by atoms with Crippen LogP contribution in [-0.2, 0) is 9.53 Å². The highest BCUT2D eigenvalue weighted by Crippen LogP contribution is 2.24. The molecule has 0 aliphatic heterocycles. The van der Waals surface area contributed by atoms with Gasteiger partial charge in [0.05, 0.1) is 6.61 Å². The number of halogens is 2. The van der Waals surface area contributed by atoms with Crippen LogP contribution in [0.3, 0.4) is 0 Å². The maximum Gasteiger partial charge on any atom is 0.305 e. The van der Waals surface area contributed by atoms with Gasteiger partial charge in [-0.15, -0.1) is 0 Å². The largest absolute Gasteiger partial charge is 0.466 e. The van der Waals surface area contributed by atoms with E-state index in [0.717, 1.165) is 50.2 Å². The van der Waals surface area contributed by atoms with Crippen LogP contribution in [0.1, 0.15) is 64.4 Å². The number of hydrogen-bond acceptors (Lipinski definition) is 2. The van der Waals surface area contributed by atoms with Crippen LogP contribution in [0.4, 0.5) is 8.78 Å². The van der Waals surface area contributed by atoms with Crippen LogP contribution >= 0.6 is 0 Å². The van der Waals surface area contributed by atoms with Crippen molar-refractivity contribution in [2.75, 3.05) is 6.61 Å². The molecule has 0 unspecified atom stereocenters. The van der Waals surface area contributed by atoms with E-state index >= 15 is 0 Å². The zero-order valence-corrected chi connectivity index (χ0v) is 14.0. The second-order valence-corrected chi connectivity index (χ2v) is 5.57. The number of hydrogen-bond donors (Lipinski definition) is 0. The smallest absolute Gasteiger partial charge is 0.305 e. The van der Waals surface area contributed by atoms with Gasteiger partial charge in [-0.2, -0.15) is 0 Å². The average molecular weight is 324 g/mol. The van der Waals surface area contributed by atoms with E-state index in [1.807, 2.05) is 19.9 Å². The molecule has 128 valence electrons. The lowest BCUT2D eigenvalue weighted by atomic mass is 9.98. The van der Waals surface area contributed by atoms with Crippen LogP contribution in [0.5, 0.6) is 0 Å². The molecule has 0 aromatic heterocycles. The van der Waals surface area contributed by atoms with Crippen LogP contribution in [0.15, 0.2) is 24.3 Å². The Hall–Kier alpha value is -1.71. The van der Waals surface area contributed by atoms with Gasteiger partial charge >= 0.3 is 5.97 Å².